The standard InChI is InChI=1S/C19H28N4O2S2/c1-15(2)11-21(18-9-10-27(24,25)13-18)14-23-19(26)22(16(3)20-23)12-17-7-5-4-6-8-17/h4-8,15,18H,9-14H2,1-3H3. The summed E-state index contributed by atoms with van der Waals surface area (Å²) in [5.74, 6) is 1.82. The van der Waals surface area contributed by atoms with Crippen molar-refractivity contribution in [2.45, 2.75) is 46.4 Å². The summed E-state index contributed by atoms with van der Waals surface area (Å²) >= 11 is 5.68. The van der Waals surface area contributed by atoms with Crippen molar-refractivity contribution in [1.29, 1.82) is 0 Å². The average Bonchev–Trinajstić information content (AvgIpc) is 3.09. The summed E-state index contributed by atoms with van der Waals surface area (Å²) in [7, 11) is -2.92. The van der Waals surface area contributed by atoms with Crippen LogP contribution in [-0.2, 0) is 23.1 Å². The second-order valence-corrected chi connectivity index (χ2v) is 10.4. The summed E-state index contributed by atoms with van der Waals surface area (Å²) in [6.07, 6.45) is 0.687. The second kappa shape index (κ2) is 8.24. The van der Waals surface area contributed by atoms with Crippen molar-refractivity contribution in [3.05, 3.63) is 46.5 Å². The average molecular weight is 409 g/mol. The highest BCUT2D eigenvalue weighted by molar-refractivity contribution is 7.91. The maximum atomic E-state index is 11.9. The Hall–Kier alpha value is -1.51. The lowest BCUT2D eigenvalue weighted by Gasteiger charge is -2.29. The Morgan fingerprint density at radius 2 is 2.00 bits per heavy atom. The number of hydrogen-bond donors (Lipinski definition) is 0. The zero-order chi connectivity index (χ0) is 19.6. The van der Waals surface area contributed by atoms with Crippen molar-refractivity contribution in [1.82, 2.24) is 19.2 Å². The molecule has 3 rings (SSSR count). The van der Waals surface area contributed by atoms with Crippen LogP contribution in [0.15, 0.2) is 30.3 Å². The fourth-order valence-corrected chi connectivity index (χ4v) is 5.67. The molecule has 1 aromatic carbocycles. The number of hydrogen-bond acceptors (Lipinski definition) is 5. The van der Waals surface area contributed by atoms with E-state index in [2.05, 4.69) is 36.0 Å². The largest absolute Gasteiger partial charge is 0.300 e. The van der Waals surface area contributed by atoms with E-state index in [1.165, 1.54) is 5.56 Å². The molecule has 2 heterocycles. The van der Waals surface area contributed by atoms with E-state index in [1.54, 1.807) is 0 Å². The first-order chi connectivity index (χ1) is 12.7. The molecule has 1 aliphatic heterocycles. The molecule has 27 heavy (non-hydrogen) atoms. The number of aryl methyl sites for hydroxylation is 1. The van der Waals surface area contributed by atoms with Gasteiger partial charge in [0.1, 0.15) is 5.82 Å². The van der Waals surface area contributed by atoms with Gasteiger partial charge in [-0.15, -0.1) is 0 Å². The molecule has 1 aromatic heterocycles. The highest BCUT2D eigenvalue weighted by atomic mass is 32.2. The molecule has 8 heteroatoms. The van der Waals surface area contributed by atoms with Gasteiger partial charge in [-0.2, -0.15) is 5.10 Å². The predicted octanol–water partition coefficient (Wildman–Crippen LogP) is 2.87. The highest BCUT2D eigenvalue weighted by Crippen LogP contribution is 2.20. The van der Waals surface area contributed by atoms with E-state index in [-0.39, 0.29) is 17.5 Å². The van der Waals surface area contributed by atoms with E-state index >= 15 is 0 Å². The summed E-state index contributed by atoms with van der Waals surface area (Å²) in [6.45, 7) is 8.30. The van der Waals surface area contributed by atoms with Crippen LogP contribution in [0.25, 0.3) is 0 Å². The molecule has 6 nitrogen and oxygen atoms in total. The van der Waals surface area contributed by atoms with Crippen LogP contribution in [0.3, 0.4) is 0 Å². The Bertz CT molecular complexity index is 932. The molecule has 1 atom stereocenters. The third-order valence-electron chi connectivity index (χ3n) is 4.93. The van der Waals surface area contributed by atoms with Crippen LogP contribution in [0.5, 0.6) is 0 Å². The summed E-state index contributed by atoms with van der Waals surface area (Å²) in [6, 6.07) is 10.2. The van der Waals surface area contributed by atoms with Crippen molar-refractivity contribution >= 4 is 22.1 Å². The van der Waals surface area contributed by atoms with Crippen LogP contribution >= 0.6 is 12.2 Å². The summed E-state index contributed by atoms with van der Waals surface area (Å²) in [4.78, 5) is 2.23. The molecule has 0 bridgehead atoms. The maximum absolute atomic E-state index is 11.9. The minimum Gasteiger partial charge on any atom is -0.300 e. The van der Waals surface area contributed by atoms with E-state index in [9.17, 15) is 8.42 Å². The quantitative estimate of drug-likeness (QED) is 0.660. The monoisotopic (exact) mass is 408 g/mol. The van der Waals surface area contributed by atoms with E-state index < -0.39 is 9.84 Å². The van der Waals surface area contributed by atoms with Gasteiger partial charge in [-0.1, -0.05) is 44.2 Å². The minimum absolute atomic E-state index is 0.0406. The van der Waals surface area contributed by atoms with Gasteiger partial charge >= 0.3 is 0 Å². The zero-order valence-electron chi connectivity index (χ0n) is 16.2. The summed E-state index contributed by atoms with van der Waals surface area (Å²) in [5.41, 5.74) is 1.18. The van der Waals surface area contributed by atoms with Gasteiger partial charge in [-0.05, 0) is 37.0 Å². The molecule has 1 fully saturated rings. The molecule has 1 aliphatic rings. The summed E-state index contributed by atoms with van der Waals surface area (Å²) in [5, 5.41) is 4.65. The van der Waals surface area contributed by atoms with Gasteiger partial charge in [-0.3, -0.25) is 9.47 Å². The van der Waals surface area contributed by atoms with E-state index in [4.69, 9.17) is 12.2 Å². The van der Waals surface area contributed by atoms with Gasteiger partial charge in [0, 0.05) is 12.6 Å². The normalized spacial score (nSPS) is 19.2. The lowest BCUT2D eigenvalue weighted by Crippen LogP contribution is -2.40. The molecule has 148 valence electrons. The Balaban J connectivity index is 1.82. The van der Waals surface area contributed by atoms with Crippen molar-refractivity contribution in [3.8, 4) is 0 Å². The molecule has 0 spiro atoms. The van der Waals surface area contributed by atoms with Crippen molar-refractivity contribution in [3.63, 3.8) is 0 Å². The molecule has 0 aliphatic carbocycles. The van der Waals surface area contributed by atoms with Crippen LogP contribution in [0.4, 0.5) is 0 Å². The highest BCUT2D eigenvalue weighted by Gasteiger charge is 2.33. The number of aromatic nitrogens is 3. The smallest absolute Gasteiger partial charge is 0.199 e. The zero-order valence-corrected chi connectivity index (χ0v) is 17.8. The first-order valence-electron chi connectivity index (χ1n) is 9.38. The number of rotatable bonds is 7. The molecule has 0 amide bonds. The first kappa shape index (κ1) is 20.2. The number of benzene rings is 1. The SMILES string of the molecule is Cc1nn(CN(CC(C)C)C2CCS(=O)(=O)C2)c(=S)n1Cc1ccccc1. The van der Waals surface area contributed by atoms with Gasteiger partial charge < -0.3 is 0 Å². The molecule has 2 aromatic rings. The summed E-state index contributed by atoms with van der Waals surface area (Å²) < 4.78 is 28.4. The molecule has 0 radical (unpaired) electrons. The second-order valence-electron chi connectivity index (χ2n) is 7.76. The third kappa shape index (κ3) is 5.06. The number of sulfone groups is 1. The van der Waals surface area contributed by atoms with Crippen LogP contribution in [0.2, 0.25) is 0 Å². The third-order valence-corrected chi connectivity index (χ3v) is 7.11. The van der Waals surface area contributed by atoms with Crippen LogP contribution in [0, 0.1) is 17.6 Å². The van der Waals surface area contributed by atoms with Crippen molar-refractivity contribution < 1.29 is 8.42 Å². The maximum Gasteiger partial charge on any atom is 0.199 e. The van der Waals surface area contributed by atoms with E-state index in [0.717, 1.165) is 12.4 Å². The Labute approximate surface area is 166 Å². The van der Waals surface area contributed by atoms with E-state index in [1.807, 2.05) is 34.4 Å². The molecule has 1 unspecified atom stereocenters. The van der Waals surface area contributed by atoms with Gasteiger partial charge in [0.05, 0.1) is 24.7 Å². The van der Waals surface area contributed by atoms with Gasteiger partial charge in [0.25, 0.3) is 0 Å². The van der Waals surface area contributed by atoms with Crippen LogP contribution in [0.1, 0.15) is 31.7 Å². The molecule has 1 saturated heterocycles. The van der Waals surface area contributed by atoms with E-state index in [0.29, 0.717) is 30.3 Å². The number of nitrogens with zero attached hydrogens (tertiary/aromatic N) is 4. The topological polar surface area (TPSA) is 60.1 Å². The fraction of sp³-hybridized carbons (Fsp3) is 0.579. The lowest BCUT2D eigenvalue weighted by molar-refractivity contribution is 0.137. The Morgan fingerprint density at radius 1 is 1.30 bits per heavy atom. The van der Waals surface area contributed by atoms with Crippen molar-refractivity contribution in [2.24, 2.45) is 5.92 Å². The fourth-order valence-electron chi connectivity index (χ4n) is 3.62. The molecule has 0 saturated carbocycles. The molecular formula is C19H28N4O2S2. The molecule has 0 N–H and O–H groups in total. The molecular weight excluding hydrogens is 380 g/mol. The van der Waals surface area contributed by atoms with Crippen LogP contribution in [-0.4, -0.2) is 51.8 Å². The van der Waals surface area contributed by atoms with Crippen molar-refractivity contribution in [2.75, 3.05) is 18.1 Å². The Morgan fingerprint density at radius 3 is 2.59 bits per heavy atom. The van der Waals surface area contributed by atoms with Gasteiger partial charge in [0.15, 0.2) is 14.6 Å². The van der Waals surface area contributed by atoms with Crippen LogP contribution < -0.4 is 0 Å². The van der Waals surface area contributed by atoms with Gasteiger partial charge in [0.2, 0.25) is 0 Å². The lowest BCUT2D eigenvalue weighted by atomic mass is 10.1. The Kier molecular flexibility index (Phi) is 6.18. The van der Waals surface area contributed by atoms with Gasteiger partial charge in [-0.25, -0.2) is 13.1 Å². The first-order valence-corrected chi connectivity index (χ1v) is 11.6. The predicted molar refractivity (Wildman–Crippen MR) is 110 cm³/mol. The minimum atomic E-state index is -2.92.